The zero-order valence-corrected chi connectivity index (χ0v) is 11.4. The molecule has 0 aliphatic carbocycles. The van der Waals surface area contributed by atoms with Gasteiger partial charge in [0, 0.05) is 20.0 Å². The third-order valence-corrected chi connectivity index (χ3v) is 2.68. The lowest BCUT2D eigenvalue weighted by Crippen LogP contribution is -1.96. The highest BCUT2D eigenvalue weighted by Crippen LogP contribution is 2.13. The van der Waals surface area contributed by atoms with Gasteiger partial charge in [-0.15, -0.1) is 0 Å². The number of carbonyl (C=O) groups excluding carboxylic acids is 1. The Labute approximate surface area is 114 Å². The predicted molar refractivity (Wildman–Crippen MR) is 73.6 cm³/mol. The first-order valence-electron chi connectivity index (χ1n) is 6.72. The zero-order chi connectivity index (χ0) is 13.9. The summed E-state index contributed by atoms with van der Waals surface area (Å²) in [4.78, 5) is 10.6. The first-order valence-corrected chi connectivity index (χ1v) is 6.72. The van der Waals surface area contributed by atoms with Crippen molar-refractivity contribution >= 4 is 12.0 Å². The SMILES string of the molecule is CC(=O)OCC=Cc1ccc(CCCCCCO)o1. The number of furan rings is 1. The van der Waals surface area contributed by atoms with Crippen LogP contribution in [0.25, 0.3) is 6.08 Å². The van der Waals surface area contributed by atoms with Crippen LogP contribution in [-0.2, 0) is 16.0 Å². The van der Waals surface area contributed by atoms with Gasteiger partial charge in [0.05, 0.1) is 0 Å². The Kier molecular flexibility index (Phi) is 7.66. The molecule has 1 aromatic rings. The standard InChI is InChI=1S/C15H22O4/c1-13(17)18-12-6-8-15-10-9-14(19-15)7-4-2-3-5-11-16/h6,8-10,16H,2-5,7,11-12H2,1H3. The minimum atomic E-state index is -0.285. The first kappa shape index (κ1) is 15.5. The molecule has 0 radical (unpaired) electrons. The summed E-state index contributed by atoms with van der Waals surface area (Å²) >= 11 is 0. The molecule has 1 aromatic heterocycles. The minimum Gasteiger partial charge on any atom is -0.462 e. The maximum Gasteiger partial charge on any atom is 0.302 e. The van der Waals surface area contributed by atoms with Gasteiger partial charge in [0.1, 0.15) is 18.1 Å². The molecule has 0 aliphatic rings. The number of carbonyl (C=O) groups is 1. The van der Waals surface area contributed by atoms with Crippen molar-refractivity contribution in [3.05, 3.63) is 29.7 Å². The molecule has 0 spiro atoms. The van der Waals surface area contributed by atoms with Gasteiger partial charge in [-0.1, -0.05) is 12.8 Å². The highest BCUT2D eigenvalue weighted by molar-refractivity contribution is 5.66. The van der Waals surface area contributed by atoms with E-state index in [0.717, 1.165) is 43.6 Å². The van der Waals surface area contributed by atoms with Gasteiger partial charge in [0.25, 0.3) is 0 Å². The molecular weight excluding hydrogens is 244 g/mol. The Morgan fingerprint density at radius 2 is 2.11 bits per heavy atom. The van der Waals surface area contributed by atoms with E-state index < -0.39 is 0 Å². The van der Waals surface area contributed by atoms with Crippen LogP contribution in [0.4, 0.5) is 0 Å². The monoisotopic (exact) mass is 266 g/mol. The van der Waals surface area contributed by atoms with Gasteiger partial charge in [-0.25, -0.2) is 0 Å². The Balaban J connectivity index is 2.22. The third kappa shape index (κ3) is 7.47. The highest BCUT2D eigenvalue weighted by Gasteiger charge is 1.99. The number of hydrogen-bond acceptors (Lipinski definition) is 4. The van der Waals surface area contributed by atoms with Crippen LogP contribution in [0.15, 0.2) is 22.6 Å². The van der Waals surface area contributed by atoms with Gasteiger partial charge >= 0.3 is 5.97 Å². The fraction of sp³-hybridized carbons (Fsp3) is 0.533. The quantitative estimate of drug-likeness (QED) is 0.551. The predicted octanol–water partition coefficient (Wildman–Crippen LogP) is 2.95. The summed E-state index contributed by atoms with van der Waals surface area (Å²) in [5, 5.41) is 8.67. The van der Waals surface area contributed by atoms with Crippen molar-refractivity contribution in [3.63, 3.8) is 0 Å². The molecule has 19 heavy (non-hydrogen) atoms. The summed E-state index contributed by atoms with van der Waals surface area (Å²) in [5.74, 6) is 1.46. The van der Waals surface area contributed by atoms with Crippen molar-refractivity contribution in [1.29, 1.82) is 0 Å². The number of unbranched alkanes of at least 4 members (excludes halogenated alkanes) is 3. The van der Waals surface area contributed by atoms with Crippen LogP contribution in [0.3, 0.4) is 0 Å². The summed E-state index contributed by atoms with van der Waals surface area (Å²) < 4.78 is 10.4. The first-order chi connectivity index (χ1) is 9.22. The van der Waals surface area contributed by atoms with E-state index in [1.165, 1.54) is 6.92 Å². The van der Waals surface area contributed by atoms with Crippen molar-refractivity contribution in [1.82, 2.24) is 0 Å². The number of aliphatic hydroxyl groups is 1. The van der Waals surface area contributed by atoms with Gasteiger partial charge in [0.2, 0.25) is 0 Å². The zero-order valence-electron chi connectivity index (χ0n) is 11.4. The lowest BCUT2D eigenvalue weighted by Gasteiger charge is -1.97. The largest absolute Gasteiger partial charge is 0.462 e. The molecule has 0 bridgehead atoms. The van der Waals surface area contributed by atoms with E-state index in [-0.39, 0.29) is 19.2 Å². The van der Waals surface area contributed by atoms with Crippen molar-refractivity contribution < 1.29 is 19.1 Å². The Morgan fingerprint density at radius 3 is 2.84 bits per heavy atom. The molecule has 0 saturated carbocycles. The highest BCUT2D eigenvalue weighted by atomic mass is 16.5. The molecule has 4 heteroatoms. The van der Waals surface area contributed by atoms with Crippen molar-refractivity contribution in [2.45, 2.75) is 39.0 Å². The lowest BCUT2D eigenvalue weighted by molar-refractivity contribution is -0.139. The molecule has 0 amide bonds. The van der Waals surface area contributed by atoms with E-state index in [4.69, 9.17) is 14.3 Å². The number of aryl methyl sites for hydroxylation is 1. The van der Waals surface area contributed by atoms with Crippen molar-refractivity contribution in [2.24, 2.45) is 0 Å². The third-order valence-electron chi connectivity index (χ3n) is 2.68. The lowest BCUT2D eigenvalue weighted by atomic mass is 10.1. The number of esters is 1. The molecule has 0 saturated heterocycles. The normalized spacial score (nSPS) is 11.1. The summed E-state index contributed by atoms with van der Waals surface area (Å²) in [6, 6.07) is 3.88. The van der Waals surface area contributed by atoms with Crippen LogP contribution in [0.5, 0.6) is 0 Å². The average molecular weight is 266 g/mol. The van der Waals surface area contributed by atoms with Gasteiger partial charge in [-0.05, 0) is 37.1 Å². The summed E-state index contributed by atoms with van der Waals surface area (Å²) in [7, 11) is 0. The van der Waals surface area contributed by atoms with Gasteiger partial charge in [-0.3, -0.25) is 4.79 Å². The molecule has 1 heterocycles. The van der Waals surface area contributed by atoms with Crippen LogP contribution >= 0.6 is 0 Å². The second-order valence-electron chi connectivity index (χ2n) is 4.40. The van der Waals surface area contributed by atoms with Crippen LogP contribution in [0, 0.1) is 0 Å². The number of hydrogen-bond donors (Lipinski definition) is 1. The van der Waals surface area contributed by atoms with E-state index in [0.29, 0.717) is 0 Å². The van der Waals surface area contributed by atoms with Crippen LogP contribution in [0.2, 0.25) is 0 Å². The van der Waals surface area contributed by atoms with E-state index >= 15 is 0 Å². The van der Waals surface area contributed by atoms with E-state index in [1.807, 2.05) is 12.1 Å². The fourth-order valence-corrected chi connectivity index (χ4v) is 1.71. The molecule has 4 nitrogen and oxygen atoms in total. The van der Waals surface area contributed by atoms with Gasteiger partial charge in [0.15, 0.2) is 0 Å². The molecule has 0 aliphatic heterocycles. The van der Waals surface area contributed by atoms with Crippen LogP contribution < -0.4 is 0 Å². The maximum absolute atomic E-state index is 10.6. The molecular formula is C15H22O4. The molecule has 0 aromatic carbocycles. The smallest absolute Gasteiger partial charge is 0.302 e. The van der Waals surface area contributed by atoms with Crippen LogP contribution in [0.1, 0.15) is 44.1 Å². The number of ether oxygens (including phenoxy) is 1. The molecule has 0 unspecified atom stereocenters. The fourth-order valence-electron chi connectivity index (χ4n) is 1.71. The molecule has 0 fully saturated rings. The topological polar surface area (TPSA) is 59.7 Å². The van der Waals surface area contributed by atoms with Gasteiger partial charge < -0.3 is 14.3 Å². The maximum atomic E-state index is 10.6. The van der Waals surface area contributed by atoms with E-state index in [9.17, 15) is 4.79 Å². The Hall–Kier alpha value is -1.55. The Morgan fingerprint density at radius 1 is 1.32 bits per heavy atom. The van der Waals surface area contributed by atoms with Crippen LogP contribution in [-0.4, -0.2) is 24.3 Å². The van der Waals surface area contributed by atoms with Crippen molar-refractivity contribution in [2.75, 3.05) is 13.2 Å². The van der Waals surface area contributed by atoms with Gasteiger partial charge in [-0.2, -0.15) is 0 Å². The summed E-state index contributed by atoms with van der Waals surface area (Å²) in [6.07, 6.45) is 8.60. The number of aliphatic hydroxyl groups excluding tert-OH is 1. The molecule has 106 valence electrons. The summed E-state index contributed by atoms with van der Waals surface area (Å²) in [6.45, 7) is 1.93. The minimum absolute atomic E-state index is 0.270. The van der Waals surface area contributed by atoms with E-state index in [2.05, 4.69) is 0 Å². The average Bonchev–Trinajstić information content (AvgIpc) is 2.82. The molecule has 0 atom stereocenters. The summed E-state index contributed by atoms with van der Waals surface area (Å²) in [5.41, 5.74) is 0. The second-order valence-corrected chi connectivity index (χ2v) is 4.40. The molecule has 1 N–H and O–H groups in total. The van der Waals surface area contributed by atoms with Crippen molar-refractivity contribution in [3.8, 4) is 0 Å². The van der Waals surface area contributed by atoms with E-state index in [1.54, 1.807) is 12.2 Å². The molecule has 1 rings (SSSR count). The second kappa shape index (κ2) is 9.39. The Bertz CT molecular complexity index is 393. The number of rotatable bonds is 9.